The van der Waals surface area contributed by atoms with Crippen LogP contribution in [0.25, 0.3) is 6.08 Å². The summed E-state index contributed by atoms with van der Waals surface area (Å²) in [4.78, 5) is 23.8. The maximum Gasteiger partial charge on any atom is 0.270 e. The van der Waals surface area contributed by atoms with Crippen LogP contribution >= 0.6 is 11.6 Å². The second-order valence-corrected chi connectivity index (χ2v) is 6.77. The molecule has 130 valence electrons. The minimum Gasteiger partial charge on any atom is -0.274 e. The Kier molecular flexibility index (Phi) is 5.86. The van der Waals surface area contributed by atoms with Crippen molar-refractivity contribution < 1.29 is 18.1 Å². The lowest BCUT2D eigenvalue weighted by Crippen LogP contribution is -2.40. The van der Waals surface area contributed by atoms with E-state index in [1.807, 2.05) is 10.3 Å². The summed E-state index contributed by atoms with van der Waals surface area (Å²) in [6.45, 7) is 0. The summed E-state index contributed by atoms with van der Waals surface area (Å²) in [5.41, 5.74) is 2.24. The first-order valence-corrected chi connectivity index (χ1v) is 8.69. The molecule has 1 amide bonds. The Morgan fingerprint density at radius 1 is 1.16 bits per heavy atom. The number of hydrogen-bond donors (Lipinski definition) is 2. The van der Waals surface area contributed by atoms with E-state index in [9.17, 15) is 23.3 Å². The molecule has 0 saturated carbocycles. The number of carbonyl (C=O) groups excluding carboxylic acids is 1. The average Bonchev–Trinajstić information content (AvgIpc) is 2.59. The van der Waals surface area contributed by atoms with E-state index in [0.29, 0.717) is 10.6 Å². The van der Waals surface area contributed by atoms with E-state index in [2.05, 4.69) is 0 Å². The van der Waals surface area contributed by atoms with Crippen LogP contribution < -0.4 is 10.3 Å². The number of amides is 1. The van der Waals surface area contributed by atoms with Gasteiger partial charge in [0.05, 0.1) is 4.92 Å². The quantitative estimate of drug-likeness (QED) is 0.588. The number of nitro benzene ring substituents is 1. The normalized spacial score (nSPS) is 11.4. The molecule has 2 aromatic carbocycles. The van der Waals surface area contributed by atoms with Gasteiger partial charge in [0, 0.05) is 28.1 Å². The average molecular weight is 382 g/mol. The lowest BCUT2D eigenvalue weighted by atomic mass is 10.2. The van der Waals surface area contributed by atoms with Gasteiger partial charge in [-0.15, -0.1) is 4.83 Å². The van der Waals surface area contributed by atoms with Crippen LogP contribution in [0.1, 0.15) is 15.9 Å². The summed E-state index contributed by atoms with van der Waals surface area (Å²) in [5.74, 6) is -0.827. The van der Waals surface area contributed by atoms with E-state index in [1.54, 1.807) is 24.3 Å². The van der Waals surface area contributed by atoms with Crippen LogP contribution in [0.3, 0.4) is 0 Å². The molecular formula is C15H12ClN3O5S. The second kappa shape index (κ2) is 7.88. The van der Waals surface area contributed by atoms with Crippen molar-refractivity contribution in [3.8, 4) is 0 Å². The van der Waals surface area contributed by atoms with Gasteiger partial charge in [-0.2, -0.15) is 0 Å². The van der Waals surface area contributed by atoms with Crippen LogP contribution in [0.2, 0.25) is 5.02 Å². The SMILES string of the molecule is O=C(NNS(=O)(=O)/C=C/c1ccc(Cl)cc1)c1cccc([N+](=O)[O-])c1. The molecule has 0 radical (unpaired) electrons. The minimum atomic E-state index is -3.95. The molecule has 10 heteroatoms. The third-order valence-corrected chi connectivity index (χ3v) is 4.07. The van der Waals surface area contributed by atoms with Gasteiger partial charge in [0.15, 0.2) is 0 Å². The highest BCUT2D eigenvalue weighted by atomic mass is 35.5. The number of nitrogens with zero attached hydrogens (tertiary/aromatic N) is 1. The number of hydrazine groups is 1. The molecule has 2 rings (SSSR count). The molecule has 0 bridgehead atoms. The molecule has 0 fully saturated rings. The van der Waals surface area contributed by atoms with Crippen LogP contribution in [0.5, 0.6) is 0 Å². The zero-order valence-corrected chi connectivity index (χ0v) is 14.1. The van der Waals surface area contributed by atoms with Gasteiger partial charge in [0.1, 0.15) is 0 Å². The Hall–Kier alpha value is -2.75. The molecule has 0 aliphatic heterocycles. The number of nitrogens with one attached hydrogen (secondary N) is 2. The van der Waals surface area contributed by atoms with Crippen LogP contribution in [-0.2, 0) is 10.0 Å². The maximum absolute atomic E-state index is 11.9. The van der Waals surface area contributed by atoms with Gasteiger partial charge in [0.25, 0.3) is 21.6 Å². The predicted molar refractivity (Wildman–Crippen MR) is 93.1 cm³/mol. The van der Waals surface area contributed by atoms with Crippen LogP contribution in [0.15, 0.2) is 53.9 Å². The van der Waals surface area contributed by atoms with Gasteiger partial charge in [0.2, 0.25) is 0 Å². The monoisotopic (exact) mass is 381 g/mol. The van der Waals surface area contributed by atoms with Crippen LogP contribution in [0.4, 0.5) is 5.69 Å². The number of rotatable bonds is 6. The summed E-state index contributed by atoms with van der Waals surface area (Å²) >= 11 is 5.73. The first-order valence-electron chi connectivity index (χ1n) is 6.77. The van der Waals surface area contributed by atoms with Crippen LogP contribution in [-0.4, -0.2) is 19.2 Å². The summed E-state index contributed by atoms with van der Waals surface area (Å²) in [5, 5.41) is 12.1. The van der Waals surface area contributed by atoms with Crippen molar-refractivity contribution in [1.29, 1.82) is 0 Å². The van der Waals surface area contributed by atoms with Gasteiger partial charge >= 0.3 is 0 Å². The molecule has 0 aromatic heterocycles. The third-order valence-electron chi connectivity index (χ3n) is 2.94. The smallest absolute Gasteiger partial charge is 0.270 e. The number of carbonyl (C=O) groups is 1. The highest BCUT2D eigenvalue weighted by Crippen LogP contribution is 2.13. The van der Waals surface area contributed by atoms with Crippen molar-refractivity contribution in [3.63, 3.8) is 0 Å². The van der Waals surface area contributed by atoms with Gasteiger partial charge < -0.3 is 0 Å². The first-order chi connectivity index (χ1) is 11.8. The Morgan fingerprint density at radius 2 is 1.84 bits per heavy atom. The molecule has 0 aliphatic carbocycles. The van der Waals surface area contributed by atoms with E-state index in [4.69, 9.17) is 11.6 Å². The molecule has 25 heavy (non-hydrogen) atoms. The van der Waals surface area contributed by atoms with E-state index < -0.39 is 20.9 Å². The summed E-state index contributed by atoms with van der Waals surface area (Å²) in [7, 11) is -3.95. The number of hydrogen-bond acceptors (Lipinski definition) is 5. The highest BCUT2D eigenvalue weighted by Gasteiger charge is 2.13. The number of halogens is 1. The molecule has 0 atom stereocenters. The summed E-state index contributed by atoms with van der Waals surface area (Å²) in [6.07, 6.45) is 1.32. The van der Waals surface area contributed by atoms with E-state index in [0.717, 1.165) is 11.5 Å². The van der Waals surface area contributed by atoms with Gasteiger partial charge in [-0.1, -0.05) is 29.8 Å². The molecule has 0 heterocycles. The molecule has 0 aliphatic rings. The van der Waals surface area contributed by atoms with Crippen molar-refractivity contribution >= 4 is 39.3 Å². The fraction of sp³-hybridized carbons (Fsp3) is 0. The van der Waals surface area contributed by atoms with Gasteiger partial charge in [-0.05, 0) is 29.8 Å². The topological polar surface area (TPSA) is 118 Å². The molecule has 0 unspecified atom stereocenters. The van der Waals surface area contributed by atoms with Crippen LogP contribution in [0, 0.1) is 10.1 Å². The van der Waals surface area contributed by atoms with Gasteiger partial charge in [-0.3, -0.25) is 20.3 Å². The Morgan fingerprint density at radius 3 is 2.48 bits per heavy atom. The standard InChI is InChI=1S/C15H12ClN3O5S/c16-13-6-4-11(5-7-13)8-9-25(23,24)18-17-15(20)12-2-1-3-14(10-12)19(21)22/h1-10,18H,(H,17,20)/b9-8+. The van der Waals surface area contributed by atoms with Crippen molar-refractivity contribution in [2.24, 2.45) is 0 Å². The molecule has 2 N–H and O–H groups in total. The largest absolute Gasteiger partial charge is 0.274 e. The predicted octanol–water partition coefficient (Wildman–Crippen LogP) is 2.48. The fourth-order valence-corrected chi connectivity index (χ4v) is 2.49. The Bertz CT molecular complexity index is 926. The number of non-ortho nitro benzene ring substituents is 1. The number of benzene rings is 2. The minimum absolute atomic E-state index is 0.0569. The van der Waals surface area contributed by atoms with E-state index in [-0.39, 0.29) is 11.3 Å². The Balaban J connectivity index is 2.01. The molecule has 2 aromatic rings. The third kappa shape index (κ3) is 5.68. The van der Waals surface area contributed by atoms with E-state index in [1.165, 1.54) is 24.3 Å². The lowest BCUT2D eigenvalue weighted by molar-refractivity contribution is -0.384. The van der Waals surface area contributed by atoms with E-state index >= 15 is 0 Å². The maximum atomic E-state index is 11.9. The van der Waals surface area contributed by atoms with Crippen molar-refractivity contribution in [2.75, 3.05) is 0 Å². The highest BCUT2D eigenvalue weighted by molar-refractivity contribution is 7.92. The second-order valence-electron chi connectivity index (χ2n) is 4.76. The van der Waals surface area contributed by atoms with Crippen molar-refractivity contribution in [2.45, 2.75) is 0 Å². The van der Waals surface area contributed by atoms with Crippen molar-refractivity contribution in [1.82, 2.24) is 10.3 Å². The van der Waals surface area contributed by atoms with Gasteiger partial charge in [-0.25, -0.2) is 8.42 Å². The molecule has 8 nitrogen and oxygen atoms in total. The molecular weight excluding hydrogens is 370 g/mol. The fourth-order valence-electron chi connectivity index (χ4n) is 1.73. The summed E-state index contributed by atoms with van der Waals surface area (Å²) in [6, 6.07) is 11.3. The zero-order chi connectivity index (χ0) is 18.4. The van der Waals surface area contributed by atoms with Crippen molar-refractivity contribution in [3.05, 3.63) is 80.2 Å². The number of sulfonamides is 1. The molecule has 0 spiro atoms. The number of nitro groups is 1. The Labute approximate surface area is 148 Å². The molecule has 0 saturated heterocycles. The first kappa shape index (κ1) is 18.6. The zero-order valence-electron chi connectivity index (χ0n) is 12.5. The summed E-state index contributed by atoms with van der Waals surface area (Å²) < 4.78 is 23.7. The lowest BCUT2D eigenvalue weighted by Gasteiger charge is -2.05.